The molecule has 0 spiro atoms. The van der Waals surface area contributed by atoms with Crippen LogP contribution in [-0.2, 0) is 0 Å². The Morgan fingerprint density at radius 2 is 1.80 bits per heavy atom. The van der Waals surface area contributed by atoms with Gasteiger partial charge in [0.1, 0.15) is 5.75 Å². The molecule has 0 aromatic heterocycles. The second kappa shape index (κ2) is 7.62. The molecule has 0 heterocycles. The van der Waals surface area contributed by atoms with Crippen molar-refractivity contribution in [3.05, 3.63) is 29.8 Å². The minimum absolute atomic E-state index is 0.0273. The highest BCUT2D eigenvalue weighted by Gasteiger charge is 2.26. The van der Waals surface area contributed by atoms with Crippen molar-refractivity contribution in [3.63, 3.8) is 0 Å². The zero-order valence-electron chi connectivity index (χ0n) is 12.9. The fourth-order valence-electron chi connectivity index (χ4n) is 2.11. The largest absolute Gasteiger partial charge is 0.494 e. The quantitative estimate of drug-likeness (QED) is 0.684. The summed E-state index contributed by atoms with van der Waals surface area (Å²) in [7, 11) is 0. The zero-order valence-corrected chi connectivity index (χ0v) is 12.9. The molecular weight excluding hydrogens is 254 g/mol. The molecule has 0 aliphatic carbocycles. The van der Waals surface area contributed by atoms with Gasteiger partial charge in [0.05, 0.1) is 19.3 Å². The van der Waals surface area contributed by atoms with Gasteiger partial charge in [0.2, 0.25) is 0 Å². The predicted octanol–water partition coefficient (Wildman–Crippen LogP) is 2.26. The maximum absolute atomic E-state index is 10.5. The maximum Gasteiger partial charge on any atom is 0.119 e. The highest BCUT2D eigenvalue weighted by Crippen LogP contribution is 2.23. The SMILES string of the molecule is CCOc1ccc(C(O)C(CC)NC(C)(C)CO)cc1. The zero-order chi connectivity index (χ0) is 15.2. The average molecular weight is 281 g/mol. The van der Waals surface area contributed by atoms with E-state index in [1.165, 1.54) is 0 Å². The lowest BCUT2D eigenvalue weighted by Gasteiger charge is -2.32. The molecule has 20 heavy (non-hydrogen) atoms. The molecule has 4 nitrogen and oxygen atoms in total. The van der Waals surface area contributed by atoms with E-state index in [-0.39, 0.29) is 12.6 Å². The summed E-state index contributed by atoms with van der Waals surface area (Å²) in [5, 5.41) is 23.1. The summed E-state index contributed by atoms with van der Waals surface area (Å²) in [6.07, 6.45) is 0.166. The van der Waals surface area contributed by atoms with Gasteiger partial charge >= 0.3 is 0 Å². The molecule has 3 N–H and O–H groups in total. The van der Waals surface area contributed by atoms with Crippen LogP contribution in [-0.4, -0.2) is 35.0 Å². The van der Waals surface area contributed by atoms with Crippen LogP contribution in [0.2, 0.25) is 0 Å². The Hall–Kier alpha value is -1.10. The molecule has 1 aromatic rings. The number of aliphatic hydroxyl groups excluding tert-OH is 2. The molecule has 1 aromatic carbocycles. The van der Waals surface area contributed by atoms with Gasteiger partial charge in [-0.05, 0) is 44.9 Å². The lowest BCUT2D eigenvalue weighted by Crippen LogP contribution is -2.50. The molecule has 0 bridgehead atoms. The van der Waals surface area contributed by atoms with Crippen molar-refractivity contribution in [2.24, 2.45) is 0 Å². The third-order valence-corrected chi connectivity index (χ3v) is 3.32. The van der Waals surface area contributed by atoms with Crippen LogP contribution in [0.15, 0.2) is 24.3 Å². The van der Waals surface area contributed by atoms with Crippen LogP contribution in [0.25, 0.3) is 0 Å². The van der Waals surface area contributed by atoms with E-state index in [0.29, 0.717) is 6.61 Å². The van der Waals surface area contributed by atoms with E-state index in [4.69, 9.17) is 4.74 Å². The monoisotopic (exact) mass is 281 g/mol. The van der Waals surface area contributed by atoms with Crippen molar-refractivity contribution in [3.8, 4) is 5.75 Å². The van der Waals surface area contributed by atoms with Gasteiger partial charge in [0.15, 0.2) is 0 Å². The van der Waals surface area contributed by atoms with Crippen LogP contribution in [0.4, 0.5) is 0 Å². The Morgan fingerprint density at radius 3 is 2.25 bits per heavy atom. The number of hydrogen-bond donors (Lipinski definition) is 3. The minimum Gasteiger partial charge on any atom is -0.494 e. The van der Waals surface area contributed by atoms with Crippen molar-refractivity contribution >= 4 is 0 Å². The van der Waals surface area contributed by atoms with E-state index in [9.17, 15) is 10.2 Å². The number of rotatable bonds is 8. The second-order valence-corrected chi connectivity index (χ2v) is 5.65. The van der Waals surface area contributed by atoms with Crippen molar-refractivity contribution < 1.29 is 14.9 Å². The molecule has 0 saturated heterocycles. The van der Waals surface area contributed by atoms with Gasteiger partial charge in [0, 0.05) is 11.6 Å². The van der Waals surface area contributed by atoms with Crippen molar-refractivity contribution in [2.45, 2.75) is 51.8 Å². The Labute approximate surface area is 121 Å². The third-order valence-electron chi connectivity index (χ3n) is 3.32. The van der Waals surface area contributed by atoms with Crippen molar-refractivity contribution in [1.29, 1.82) is 0 Å². The third kappa shape index (κ3) is 4.78. The predicted molar refractivity (Wildman–Crippen MR) is 81.0 cm³/mol. The smallest absolute Gasteiger partial charge is 0.119 e. The van der Waals surface area contributed by atoms with Gasteiger partial charge in [-0.1, -0.05) is 19.1 Å². The first-order chi connectivity index (χ1) is 9.43. The van der Waals surface area contributed by atoms with Crippen LogP contribution in [0, 0.1) is 0 Å². The van der Waals surface area contributed by atoms with Crippen molar-refractivity contribution in [2.75, 3.05) is 13.2 Å². The Morgan fingerprint density at radius 1 is 1.20 bits per heavy atom. The summed E-state index contributed by atoms with van der Waals surface area (Å²) in [6, 6.07) is 7.39. The van der Waals surface area contributed by atoms with Crippen LogP contribution in [0.1, 0.15) is 45.8 Å². The van der Waals surface area contributed by atoms with E-state index >= 15 is 0 Å². The number of benzene rings is 1. The fourth-order valence-corrected chi connectivity index (χ4v) is 2.11. The standard InChI is InChI=1S/C16H27NO3/c1-5-14(17-16(3,4)11-18)15(19)12-7-9-13(10-8-12)20-6-2/h7-10,14-15,17-19H,5-6,11H2,1-4H3. The highest BCUT2D eigenvalue weighted by molar-refractivity contribution is 5.29. The van der Waals surface area contributed by atoms with Gasteiger partial charge in [-0.2, -0.15) is 0 Å². The molecular formula is C16H27NO3. The molecule has 2 unspecified atom stereocenters. The van der Waals surface area contributed by atoms with Crippen LogP contribution < -0.4 is 10.1 Å². The van der Waals surface area contributed by atoms with E-state index in [2.05, 4.69) is 5.32 Å². The van der Waals surface area contributed by atoms with Crippen LogP contribution in [0.5, 0.6) is 5.75 Å². The number of nitrogens with one attached hydrogen (secondary N) is 1. The number of hydrogen-bond acceptors (Lipinski definition) is 4. The summed E-state index contributed by atoms with van der Waals surface area (Å²) < 4.78 is 5.40. The second-order valence-electron chi connectivity index (χ2n) is 5.65. The molecule has 0 saturated carbocycles. The molecule has 0 radical (unpaired) electrons. The average Bonchev–Trinajstić information content (AvgIpc) is 2.45. The van der Waals surface area contributed by atoms with E-state index in [0.717, 1.165) is 17.7 Å². The molecule has 0 amide bonds. The number of ether oxygens (including phenoxy) is 1. The lowest BCUT2D eigenvalue weighted by molar-refractivity contribution is 0.0898. The fraction of sp³-hybridized carbons (Fsp3) is 0.625. The molecule has 114 valence electrons. The van der Waals surface area contributed by atoms with Gasteiger partial charge in [-0.25, -0.2) is 0 Å². The Bertz CT molecular complexity index is 389. The first-order valence-electron chi connectivity index (χ1n) is 7.23. The lowest BCUT2D eigenvalue weighted by atomic mass is 9.96. The number of aliphatic hydroxyl groups is 2. The van der Waals surface area contributed by atoms with E-state index in [1.807, 2.05) is 52.0 Å². The summed E-state index contributed by atoms with van der Waals surface area (Å²) >= 11 is 0. The van der Waals surface area contributed by atoms with E-state index in [1.54, 1.807) is 0 Å². The summed E-state index contributed by atoms with van der Waals surface area (Å²) in [5.74, 6) is 0.806. The molecule has 1 rings (SSSR count). The van der Waals surface area contributed by atoms with Crippen molar-refractivity contribution in [1.82, 2.24) is 5.32 Å². The summed E-state index contributed by atoms with van der Waals surface area (Å²) in [6.45, 7) is 8.45. The normalized spacial score (nSPS) is 14.9. The van der Waals surface area contributed by atoms with Gasteiger partial charge in [-0.3, -0.25) is 0 Å². The summed E-state index contributed by atoms with van der Waals surface area (Å²) in [4.78, 5) is 0. The topological polar surface area (TPSA) is 61.7 Å². The van der Waals surface area contributed by atoms with Gasteiger partial charge in [0.25, 0.3) is 0 Å². The van der Waals surface area contributed by atoms with Crippen LogP contribution >= 0.6 is 0 Å². The Balaban J connectivity index is 2.77. The molecule has 0 aliphatic heterocycles. The molecule has 0 aliphatic rings. The minimum atomic E-state index is -0.610. The van der Waals surface area contributed by atoms with Gasteiger partial charge < -0.3 is 20.3 Å². The van der Waals surface area contributed by atoms with Crippen LogP contribution in [0.3, 0.4) is 0 Å². The maximum atomic E-state index is 10.5. The summed E-state index contributed by atoms with van der Waals surface area (Å²) in [5.41, 5.74) is 0.439. The first-order valence-corrected chi connectivity index (χ1v) is 7.23. The molecule has 4 heteroatoms. The highest BCUT2D eigenvalue weighted by atomic mass is 16.5. The first kappa shape index (κ1) is 17.0. The molecule has 2 atom stereocenters. The van der Waals surface area contributed by atoms with E-state index < -0.39 is 11.6 Å². The molecule has 0 fully saturated rings. The Kier molecular flexibility index (Phi) is 6.46. The van der Waals surface area contributed by atoms with Gasteiger partial charge in [-0.15, -0.1) is 0 Å².